The average molecular weight is 1270 g/mol. The number of hydrogen-bond acceptors (Lipinski definition) is 28. The van der Waals surface area contributed by atoms with Gasteiger partial charge in [-0.1, -0.05) is 60.1 Å². The second-order valence-electron chi connectivity index (χ2n) is 28.9. The zero-order valence-corrected chi connectivity index (χ0v) is 51.2. The number of esters is 2. The maximum Gasteiger partial charge on any atom is 0.337 e. The molecule has 5 aliphatic carbocycles. The Morgan fingerprint density at radius 1 is 0.523 bits per heavy atom. The lowest BCUT2D eigenvalue weighted by molar-refractivity contribution is -0.383. The van der Waals surface area contributed by atoms with Crippen LogP contribution in [0.15, 0.2) is 11.6 Å². The van der Waals surface area contributed by atoms with E-state index in [9.17, 15) is 81.4 Å². The molecule has 5 saturated heterocycles. The summed E-state index contributed by atoms with van der Waals surface area (Å²) in [4.78, 5) is 28.9. The first kappa shape index (κ1) is 68.6. The Morgan fingerprint density at radius 3 is 1.62 bits per heavy atom. The van der Waals surface area contributed by atoms with Crippen LogP contribution in [0, 0.1) is 50.2 Å². The molecule has 88 heavy (non-hydrogen) atoms. The highest BCUT2D eigenvalue weighted by Crippen LogP contribution is 2.76. The van der Waals surface area contributed by atoms with E-state index in [0.29, 0.717) is 51.4 Å². The quantitative estimate of drug-likeness (QED) is 0.0432. The Hall–Kier alpha value is -2.28. The maximum absolute atomic E-state index is 15.2. The van der Waals surface area contributed by atoms with E-state index in [2.05, 4.69) is 54.5 Å². The molecule has 5 aliphatic heterocycles. The van der Waals surface area contributed by atoms with Gasteiger partial charge in [-0.05, 0) is 109 Å². The minimum atomic E-state index is -1.97. The molecule has 32 atom stereocenters. The lowest BCUT2D eigenvalue weighted by atomic mass is 9.33. The summed E-state index contributed by atoms with van der Waals surface area (Å²) >= 11 is 0. The first-order valence-electron chi connectivity index (χ1n) is 31.1. The molecule has 5 heterocycles. The first-order chi connectivity index (χ1) is 41.3. The Bertz CT molecular complexity index is 2480. The SMILES string of the molecule is COC(=O)[C@H]1O[C@@H](O[C@H]2CC[C@]3(C)[C@H]4CC=C5[C@@H]6CC(C)(C)CC[C@]6(C(=O)O[C@@H]6O[C@H](CO[C@@H]7O[C@H](CO)[C@@H](O)[C@H](O)[C@H]7O)[C@@H](O)[C@H](O)[C@H]6O)CC[C@@]5(C)[C@]4(C)CC[C@H]3C2(C)C)[C@H](O[C@@H]2O[C@H](CO)[C@@H](O)[C@H](O)[C@H]2O)[C@@H](O)[C@@H]1O[C@@H]1O[C@@H](CO)[C@H](O)[C@H]1O. The molecular weight excluding hydrogens is 1170 g/mol. The molecule has 28 heteroatoms. The van der Waals surface area contributed by atoms with Crippen molar-refractivity contribution in [1.82, 2.24) is 0 Å². The van der Waals surface area contributed by atoms with Gasteiger partial charge in [0.25, 0.3) is 0 Å². The van der Waals surface area contributed by atoms with Gasteiger partial charge in [0, 0.05) is 0 Å². The molecule has 0 radical (unpaired) electrons. The Balaban J connectivity index is 0.888. The molecule has 504 valence electrons. The summed E-state index contributed by atoms with van der Waals surface area (Å²) < 4.78 is 65.1. The van der Waals surface area contributed by atoms with Gasteiger partial charge >= 0.3 is 11.9 Å². The van der Waals surface area contributed by atoms with Crippen molar-refractivity contribution in [1.29, 1.82) is 0 Å². The van der Waals surface area contributed by atoms with Gasteiger partial charge in [-0.2, -0.15) is 0 Å². The van der Waals surface area contributed by atoms with Crippen molar-refractivity contribution >= 4 is 11.9 Å². The minimum Gasteiger partial charge on any atom is -0.467 e. The summed E-state index contributed by atoms with van der Waals surface area (Å²) in [5, 5.41) is 160. The largest absolute Gasteiger partial charge is 0.467 e. The van der Waals surface area contributed by atoms with Gasteiger partial charge in [0.2, 0.25) is 6.29 Å². The van der Waals surface area contributed by atoms with Gasteiger partial charge in [-0.15, -0.1) is 0 Å². The summed E-state index contributed by atoms with van der Waals surface area (Å²) in [6.45, 7) is 12.7. The smallest absolute Gasteiger partial charge is 0.337 e. The number of ether oxygens (including phenoxy) is 11. The van der Waals surface area contributed by atoms with Gasteiger partial charge in [-0.25, -0.2) is 4.79 Å². The van der Waals surface area contributed by atoms with E-state index < -0.39 is 208 Å². The van der Waals surface area contributed by atoms with Crippen LogP contribution >= 0.6 is 0 Å². The Morgan fingerprint density at radius 2 is 1.03 bits per heavy atom. The average Bonchev–Trinajstić information content (AvgIpc) is 0.743. The van der Waals surface area contributed by atoms with Crippen LogP contribution in [0.3, 0.4) is 0 Å². The number of hydrogen-bond donors (Lipinski definition) is 15. The molecule has 10 aliphatic rings. The van der Waals surface area contributed by atoms with Gasteiger partial charge in [0.15, 0.2) is 31.3 Å². The van der Waals surface area contributed by atoms with Crippen molar-refractivity contribution < 1.29 is 138 Å². The van der Waals surface area contributed by atoms with E-state index in [1.807, 2.05) is 0 Å². The number of carbonyl (C=O) groups is 2. The summed E-state index contributed by atoms with van der Waals surface area (Å²) in [6.07, 6.45) is -33.3. The molecule has 0 aromatic carbocycles. The predicted molar refractivity (Wildman–Crippen MR) is 294 cm³/mol. The van der Waals surface area contributed by atoms with Crippen LogP contribution in [0.2, 0.25) is 0 Å². The van der Waals surface area contributed by atoms with Crippen molar-refractivity contribution in [2.45, 2.75) is 266 Å². The predicted octanol–water partition coefficient (Wildman–Crippen LogP) is -3.39. The summed E-state index contributed by atoms with van der Waals surface area (Å²) in [5.74, 6) is -1.86. The first-order valence-corrected chi connectivity index (χ1v) is 31.1. The van der Waals surface area contributed by atoms with Gasteiger partial charge in [-0.3, -0.25) is 4.79 Å². The zero-order chi connectivity index (χ0) is 64.3. The molecule has 4 saturated carbocycles. The Kier molecular flexibility index (Phi) is 19.8. The molecule has 0 amide bonds. The van der Waals surface area contributed by atoms with Gasteiger partial charge in [0.05, 0.1) is 45.1 Å². The fourth-order valence-electron chi connectivity index (χ4n) is 17.8. The molecule has 15 N–H and O–H groups in total. The van der Waals surface area contributed by atoms with Crippen LogP contribution in [-0.2, 0) is 61.7 Å². The van der Waals surface area contributed by atoms with E-state index in [-0.39, 0.29) is 34.0 Å². The Labute approximate surface area is 510 Å². The maximum atomic E-state index is 15.2. The lowest BCUT2D eigenvalue weighted by Crippen LogP contribution is -2.68. The highest BCUT2D eigenvalue weighted by Gasteiger charge is 2.71. The highest BCUT2D eigenvalue weighted by atomic mass is 16.8. The fourth-order valence-corrected chi connectivity index (χ4v) is 17.8. The lowest BCUT2D eigenvalue weighted by Gasteiger charge is -2.71. The molecule has 0 aromatic rings. The number of allylic oxidation sites excluding steroid dienone is 2. The van der Waals surface area contributed by atoms with Crippen molar-refractivity contribution in [3.8, 4) is 0 Å². The van der Waals surface area contributed by atoms with E-state index in [4.69, 9.17) is 52.1 Å². The van der Waals surface area contributed by atoms with Crippen LogP contribution in [0.1, 0.15) is 113 Å². The topological polar surface area (TPSA) is 439 Å². The molecule has 9 fully saturated rings. The van der Waals surface area contributed by atoms with E-state index >= 15 is 4.79 Å². The molecular formula is C60H96O28. The molecule has 10 rings (SSSR count). The van der Waals surface area contributed by atoms with Gasteiger partial charge < -0.3 is 129 Å². The molecule has 0 spiro atoms. The van der Waals surface area contributed by atoms with Gasteiger partial charge in [0.1, 0.15) is 110 Å². The molecule has 0 aromatic heterocycles. The number of aliphatic hydroxyl groups excluding tert-OH is 15. The van der Waals surface area contributed by atoms with Crippen LogP contribution in [0.25, 0.3) is 0 Å². The normalized spacial score (nSPS) is 52.5. The van der Waals surface area contributed by atoms with E-state index in [0.717, 1.165) is 20.0 Å². The third-order valence-electron chi connectivity index (χ3n) is 23.3. The molecule has 0 unspecified atom stereocenters. The van der Waals surface area contributed by atoms with Crippen molar-refractivity contribution in [3.05, 3.63) is 11.6 Å². The zero-order valence-electron chi connectivity index (χ0n) is 51.2. The number of rotatable bonds is 15. The number of carbonyl (C=O) groups excluding carboxylic acids is 2. The van der Waals surface area contributed by atoms with Crippen LogP contribution in [0.5, 0.6) is 0 Å². The second kappa shape index (κ2) is 25.5. The summed E-state index contributed by atoms with van der Waals surface area (Å²) in [5.41, 5.74) is -1.81. The van der Waals surface area contributed by atoms with Crippen LogP contribution in [0.4, 0.5) is 0 Å². The highest BCUT2D eigenvalue weighted by molar-refractivity contribution is 5.79. The number of fused-ring (bicyclic) bond motifs is 7. The fraction of sp³-hybridized carbons (Fsp3) is 0.933. The van der Waals surface area contributed by atoms with Crippen molar-refractivity contribution in [3.63, 3.8) is 0 Å². The second-order valence-corrected chi connectivity index (χ2v) is 28.9. The number of aliphatic hydroxyl groups is 15. The summed E-state index contributed by atoms with van der Waals surface area (Å²) in [6, 6.07) is 0. The van der Waals surface area contributed by atoms with E-state index in [1.165, 1.54) is 5.57 Å². The van der Waals surface area contributed by atoms with Crippen LogP contribution in [-0.4, -0.2) is 276 Å². The minimum absolute atomic E-state index is 0.0124. The van der Waals surface area contributed by atoms with Crippen LogP contribution < -0.4 is 0 Å². The van der Waals surface area contributed by atoms with Crippen molar-refractivity contribution in [2.75, 3.05) is 33.5 Å². The van der Waals surface area contributed by atoms with Crippen molar-refractivity contribution in [2.24, 2.45) is 50.2 Å². The third kappa shape index (κ3) is 11.4. The summed E-state index contributed by atoms with van der Waals surface area (Å²) in [7, 11) is 1.07. The number of methoxy groups -OCH3 is 1. The molecule has 28 nitrogen and oxygen atoms in total. The third-order valence-corrected chi connectivity index (χ3v) is 23.3. The monoisotopic (exact) mass is 1260 g/mol. The van der Waals surface area contributed by atoms with E-state index in [1.54, 1.807) is 0 Å². The molecule has 0 bridgehead atoms. The standard InChI is InChI=1S/C60H96O28/c1-55(2)15-17-60(54(77)88-52-43(74)39(70)36(67)29(83-52)23-79-49-41(72)37(68)33(64)26(20-61)80-49)18-16-58(6)24(25(60)19-55)9-10-31-57(5)13-12-32(56(3,4)30(57)11-14-59(31,58)7)84-53-46(86-51-42(73)38(69)34(65)27(21-62)81-51)44(75)45(47(87-53)48(76)78-8)85-50-40(71)35(66)28(22-63)82-50/h9,25-47,49-53,61-75H,10-23H2,1-8H3/t25-,26+,27+,28-,29+,30-,31+,32-,33+,34+,35-,36+,37-,38-,39-,40+,41+,42+,43+,44-,45-,46+,47-,49+,50-,51-,52-,53+,57-,58+,59+,60-/m0/s1.